The van der Waals surface area contributed by atoms with Crippen LogP contribution in [0.4, 0.5) is 5.82 Å². The van der Waals surface area contributed by atoms with E-state index >= 15 is 0 Å². The van der Waals surface area contributed by atoms with Crippen molar-refractivity contribution in [3.63, 3.8) is 0 Å². The molecule has 1 heterocycles. The maximum Gasteiger partial charge on any atom is 0.155 e. The number of rotatable bonds is 2. The molecular weight excluding hydrogens is 158 g/mol. The summed E-state index contributed by atoms with van der Waals surface area (Å²) in [4.78, 5) is 9.95. The Hall–Kier alpha value is -1.36. The highest BCUT2D eigenvalue weighted by Crippen LogP contribution is 1.99. The van der Waals surface area contributed by atoms with Crippen molar-refractivity contribution in [1.82, 2.24) is 10.2 Å². The number of carbonyl (C=O) groups is 1. The number of aromatic amines is 1. The summed E-state index contributed by atoms with van der Waals surface area (Å²) in [5, 5.41) is 5.93. The summed E-state index contributed by atoms with van der Waals surface area (Å²) >= 11 is 0. The van der Waals surface area contributed by atoms with Crippen LogP contribution in [0.1, 0.15) is 17.3 Å². The van der Waals surface area contributed by atoms with E-state index in [9.17, 15) is 4.79 Å². The van der Waals surface area contributed by atoms with Crippen molar-refractivity contribution < 1.29 is 9.53 Å². The van der Waals surface area contributed by atoms with Crippen molar-refractivity contribution in [2.75, 3.05) is 19.5 Å². The molecule has 5 nitrogen and oxygen atoms in total. The normalized spacial score (nSPS) is 8.50. The van der Waals surface area contributed by atoms with Gasteiger partial charge in [-0.2, -0.15) is 5.10 Å². The molecule has 0 aliphatic rings. The first-order valence-electron chi connectivity index (χ1n) is 3.49. The Bertz CT molecular complexity index is 220. The minimum absolute atomic E-state index is 0.319. The maximum atomic E-state index is 9.95. The molecule has 0 spiro atoms. The number of aromatic nitrogens is 2. The maximum absolute atomic E-state index is 9.95. The number of nitrogens with zero attached hydrogens (tertiary/aromatic N) is 1. The average molecular weight is 171 g/mol. The van der Waals surface area contributed by atoms with Gasteiger partial charge >= 0.3 is 0 Å². The van der Waals surface area contributed by atoms with Gasteiger partial charge in [0.1, 0.15) is 5.82 Å². The number of ether oxygens (including phenoxy) is 1. The summed E-state index contributed by atoms with van der Waals surface area (Å²) in [6, 6.07) is 0. The molecule has 3 N–H and O–H groups in total. The molecule has 0 unspecified atom stereocenters. The molecule has 0 aromatic carbocycles. The Kier molecular flexibility index (Phi) is 5.64. The Morgan fingerprint density at radius 2 is 2.42 bits per heavy atom. The van der Waals surface area contributed by atoms with Gasteiger partial charge in [-0.3, -0.25) is 9.89 Å². The lowest BCUT2D eigenvalue weighted by atomic mass is 10.4. The molecular formula is C7H13N3O2. The lowest BCUT2D eigenvalue weighted by Crippen LogP contribution is -1.88. The summed E-state index contributed by atoms with van der Waals surface area (Å²) < 4.78 is 4.54. The van der Waals surface area contributed by atoms with E-state index in [-0.39, 0.29) is 0 Å². The number of nitrogens with one attached hydrogen (secondary N) is 1. The van der Waals surface area contributed by atoms with Crippen LogP contribution in [-0.4, -0.2) is 30.2 Å². The minimum atomic E-state index is 0.319. The van der Waals surface area contributed by atoms with Crippen LogP contribution in [0.3, 0.4) is 0 Å². The summed E-state index contributed by atoms with van der Waals surface area (Å²) in [6.07, 6.45) is 2.03. The third kappa shape index (κ3) is 3.72. The fourth-order valence-electron chi connectivity index (χ4n) is 0.399. The van der Waals surface area contributed by atoms with E-state index in [0.29, 0.717) is 17.7 Å². The summed E-state index contributed by atoms with van der Waals surface area (Å²) in [5.74, 6) is 0.319. The van der Waals surface area contributed by atoms with Crippen molar-refractivity contribution in [2.45, 2.75) is 6.92 Å². The molecule has 0 aliphatic heterocycles. The van der Waals surface area contributed by atoms with E-state index in [2.05, 4.69) is 14.9 Å². The number of carbonyl (C=O) groups excluding carboxylic acids is 1. The van der Waals surface area contributed by atoms with Gasteiger partial charge in [-0.25, -0.2) is 0 Å². The number of methoxy groups -OCH3 is 1. The molecule has 0 aliphatic carbocycles. The third-order valence-corrected chi connectivity index (χ3v) is 1.12. The van der Waals surface area contributed by atoms with E-state index < -0.39 is 0 Å². The zero-order chi connectivity index (χ0) is 9.40. The molecule has 0 atom stereocenters. The van der Waals surface area contributed by atoms with Crippen LogP contribution in [0.5, 0.6) is 0 Å². The largest absolute Gasteiger partial charge is 0.385 e. The molecule has 12 heavy (non-hydrogen) atoms. The van der Waals surface area contributed by atoms with E-state index in [0.717, 1.165) is 6.61 Å². The van der Waals surface area contributed by atoms with Gasteiger partial charge in [0.2, 0.25) is 0 Å². The summed E-state index contributed by atoms with van der Waals surface area (Å²) in [6.45, 7) is 2.78. The predicted octanol–water partition coefficient (Wildman–Crippen LogP) is 0.457. The number of hydrogen-bond acceptors (Lipinski definition) is 4. The molecule has 0 fully saturated rings. The van der Waals surface area contributed by atoms with Gasteiger partial charge in [0, 0.05) is 13.7 Å². The van der Waals surface area contributed by atoms with Gasteiger partial charge in [-0.05, 0) is 6.92 Å². The second-order valence-electron chi connectivity index (χ2n) is 1.93. The first-order chi connectivity index (χ1) is 5.76. The number of nitrogen functional groups attached to an aromatic ring is 1. The van der Waals surface area contributed by atoms with Gasteiger partial charge in [0.15, 0.2) is 6.29 Å². The molecule has 1 aromatic heterocycles. The van der Waals surface area contributed by atoms with Gasteiger partial charge in [-0.15, -0.1) is 0 Å². The smallest absolute Gasteiger partial charge is 0.155 e. The summed E-state index contributed by atoms with van der Waals surface area (Å²) in [7, 11) is 1.68. The van der Waals surface area contributed by atoms with E-state index in [4.69, 9.17) is 5.73 Å². The van der Waals surface area contributed by atoms with Gasteiger partial charge in [-0.1, -0.05) is 0 Å². The molecule has 5 heteroatoms. The monoisotopic (exact) mass is 171 g/mol. The van der Waals surface area contributed by atoms with Crippen molar-refractivity contribution >= 4 is 12.1 Å². The molecule has 0 radical (unpaired) electrons. The highest BCUT2D eigenvalue weighted by atomic mass is 16.5. The number of aldehydes is 1. The second kappa shape index (κ2) is 6.36. The quantitative estimate of drug-likeness (QED) is 0.633. The lowest BCUT2D eigenvalue weighted by Gasteiger charge is -1.79. The van der Waals surface area contributed by atoms with Crippen LogP contribution in [0.2, 0.25) is 0 Å². The van der Waals surface area contributed by atoms with Crippen LogP contribution in [0, 0.1) is 0 Å². The standard InChI is InChI=1S/C4H5N3O.C3H8O/c5-4-3(2-8)1-6-7-4;1-3-4-2/h1-2H,(H3,5,6,7);3H2,1-2H3. The number of H-pyrrole nitrogens is 1. The highest BCUT2D eigenvalue weighted by Gasteiger charge is 1.94. The van der Waals surface area contributed by atoms with Crippen LogP contribution in [0.15, 0.2) is 6.20 Å². The lowest BCUT2D eigenvalue weighted by molar-refractivity contribution is 0.112. The number of anilines is 1. The van der Waals surface area contributed by atoms with E-state index in [1.54, 1.807) is 7.11 Å². The predicted molar refractivity (Wildman–Crippen MR) is 45.9 cm³/mol. The molecule has 0 saturated heterocycles. The van der Waals surface area contributed by atoms with Crippen molar-refractivity contribution in [3.8, 4) is 0 Å². The van der Waals surface area contributed by atoms with Gasteiger partial charge < -0.3 is 10.5 Å². The third-order valence-electron chi connectivity index (χ3n) is 1.12. The van der Waals surface area contributed by atoms with E-state index in [1.165, 1.54) is 6.20 Å². The molecule has 1 aromatic rings. The van der Waals surface area contributed by atoms with Gasteiger partial charge in [0.05, 0.1) is 11.8 Å². The van der Waals surface area contributed by atoms with E-state index in [1.807, 2.05) is 6.92 Å². The van der Waals surface area contributed by atoms with Crippen LogP contribution in [-0.2, 0) is 4.74 Å². The number of hydrogen-bond donors (Lipinski definition) is 2. The molecule has 0 amide bonds. The second-order valence-corrected chi connectivity index (χ2v) is 1.93. The number of nitrogens with two attached hydrogens (primary N) is 1. The highest BCUT2D eigenvalue weighted by molar-refractivity contribution is 5.80. The van der Waals surface area contributed by atoms with Crippen molar-refractivity contribution in [1.29, 1.82) is 0 Å². The SMILES string of the molecule is CCOC.Nc1[nH]ncc1C=O. The molecule has 0 bridgehead atoms. The zero-order valence-electron chi connectivity index (χ0n) is 7.20. The Labute approximate surface area is 70.9 Å². The fourth-order valence-corrected chi connectivity index (χ4v) is 0.399. The first kappa shape index (κ1) is 10.6. The molecule has 68 valence electrons. The van der Waals surface area contributed by atoms with Crippen LogP contribution in [0.25, 0.3) is 0 Å². The Morgan fingerprint density at radius 1 is 1.83 bits per heavy atom. The zero-order valence-corrected chi connectivity index (χ0v) is 7.20. The van der Waals surface area contributed by atoms with Crippen LogP contribution < -0.4 is 5.73 Å². The molecule has 0 saturated carbocycles. The summed E-state index contributed by atoms with van der Waals surface area (Å²) in [5.41, 5.74) is 5.61. The first-order valence-corrected chi connectivity index (χ1v) is 3.49. The Balaban J connectivity index is 0.000000261. The van der Waals surface area contributed by atoms with Crippen molar-refractivity contribution in [2.24, 2.45) is 0 Å². The van der Waals surface area contributed by atoms with Crippen LogP contribution >= 0.6 is 0 Å². The topological polar surface area (TPSA) is 81.0 Å². The average Bonchev–Trinajstić information content (AvgIpc) is 2.51. The van der Waals surface area contributed by atoms with Crippen molar-refractivity contribution in [3.05, 3.63) is 11.8 Å². The minimum Gasteiger partial charge on any atom is -0.385 e. The molecule has 1 rings (SSSR count). The van der Waals surface area contributed by atoms with Gasteiger partial charge in [0.25, 0.3) is 0 Å². The Morgan fingerprint density at radius 3 is 2.58 bits per heavy atom. The fraction of sp³-hybridized carbons (Fsp3) is 0.429.